The van der Waals surface area contributed by atoms with Crippen LogP contribution >= 0.6 is 0 Å². The summed E-state index contributed by atoms with van der Waals surface area (Å²) >= 11 is 0. The number of sulfonamides is 2. The molecule has 1 fully saturated rings. The van der Waals surface area contributed by atoms with E-state index in [9.17, 15) is 21.6 Å². The normalized spacial score (nSPS) is 15.8. The highest BCUT2D eigenvalue weighted by atomic mass is 32.2. The van der Waals surface area contributed by atoms with Crippen LogP contribution in [-0.4, -0.2) is 58.0 Å². The van der Waals surface area contributed by atoms with Gasteiger partial charge in [-0.2, -0.15) is 8.61 Å². The zero-order valence-electron chi connectivity index (χ0n) is 18.3. The van der Waals surface area contributed by atoms with Gasteiger partial charge in [-0.05, 0) is 49.2 Å². The molecule has 1 amide bonds. The van der Waals surface area contributed by atoms with Crippen LogP contribution in [0.5, 0.6) is 0 Å². The molecule has 0 atom stereocenters. The summed E-state index contributed by atoms with van der Waals surface area (Å²) in [4.78, 5) is 12.6. The number of hydrogen-bond acceptors (Lipinski definition) is 5. The Morgan fingerprint density at radius 3 is 2.00 bits per heavy atom. The van der Waals surface area contributed by atoms with Crippen LogP contribution in [0.1, 0.15) is 32.1 Å². The van der Waals surface area contributed by atoms with Gasteiger partial charge in [-0.15, -0.1) is 0 Å². The molecule has 0 saturated heterocycles. The zero-order valence-corrected chi connectivity index (χ0v) is 19.9. The minimum atomic E-state index is -3.79. The maximum atomic E-state index is 12.9. The van der Waals surface area contributed by atoms with Gasteiger partial charge in [0.2, 0.25) is 26.0 Å². The molecular formula is C22H29N3O5S2. The predicted molar refractivity (Wildman–Crippen MR) is 123 cm³/mol. The van der Waals surface area contributed by atoms with Gasteiger partial charge in [0, 0.05) is 25.8 Å². The first-order valence-electron chi connectivity index (χ1n) is 10.5. The topological polar surface area (TPSA) is 104 Å². The number of nitrogens with one attached hydrogen (secondary N) is 1. The van der Waals surface area contributed by atoms with Gasteiger partial charge in [-0.3, -0.25) is 4.79 Å². The highest BCUT2D eigenvalue weighted by Crippen LogP contribution is 2.27. The average Bonchev–Trinajstić information content (AvgIpc) is 2.80. The summed E-state index contributed by atoms with van der Waals surface area (Å²) in [7, 11) is -4.46. The fraction of sp³-hybridized carbons (Fsp3) is 0.409. The van der Waals surface area contributed by atoms with Crippen LogP contribution < -0.4 is 5.32 Å². The van der Waals surface area contributed by atoms with Gasteiger partial charge in [0.15, 0.2) is 0 Å². The van der Waals surface area contributed by atoms with E-state index < -0.39 is 26.0 Å². The first kappa shape index (κ1) is 24.4. The lowest BCUT2D eigenvalue weighted by molar-refractivity contribution is -0.116. The fourth-order valence-corrected chi connectivity index (χ4v) is 6.34. The molecule has 10 heteroatoms. The van der Waals surface area contributed by atoms with E-state index in [-0.39, 0.29) is 22.4 Å². The second kappa shape index (κ2) is 10.1. The molecule has 8 nitrogen and oxygen atoms in total. The smallest absolute Gasteiger partial charge is 0.243 e. The van der Waals surface area contributed by atoms with Crippen molar-refractivity contribution in [3.63, 3.8) is 0 Å². The van der Waals surface area contributed by atoms with Crippen LogP contribution in [-0.2, 0) is 24.8 Å². The number of carbonyl (C=O) groups is 1. The largest absolute Gasteiger partial charge is 0.325 e. The monoisotopic (exact) mass is 479 g/mol. The molecule has 0 heterocycles. The molecule has 1 aliphatic rings. The Morgan fingerprint density at radius 1 is 0.844 bits per heavy atom. The highest BCUT2D eigenvalue weighted by Gasteiger charge is 2.29. The van der Waals surface area contributed by atoms with Crippen molar-refractivity contribution in [1.29, 1.82) is 0 Å². The molecule has 1 aliphatic carbocycles. The molecule has 174 valence electrons. The second-order valence-corrected chi connectivity index (χ2v) is 12.0. The first-order valence-corrected chi connectivity index (χ1v) is 13.4. The van der Waals surface area contributed by atoms with E-state index in [1.54, 1.807) is 25.2 Å². The van der Waals surface area contributed by atoms with Gasteiger partial charge in [-0.25, -0.2) is 16.8 Å². The Morgan fingerprint density at radius 2 is 1.41 bits per heavy atom. The average molecular weight is 480 g/mol. The molecule has 2 aromatic rings. The minimum Gasteiger partial charge on any atom is -0.325 e. The van der Waals surface area contributed by atoms with Crippen molar-refractivity contribution >= 4 is 31.6 Å². The quantitative estimate of drug-likeness (QED) is 0.627. The van der Waals surface area contributed by atoms with Crippen LogP contribution in [0.25, 0.3) is 0 Å². The Kier molecular flexibility index (Phi) is 7.71. The number of hydrogen-bond donors (Lipinski definition) is 1. The number of anilines is 1. The van der Waals surface area contributed by atoms with Gasteiger partial charge >= 0.3 is 0 Å². The molecule has 1 N–H and O–H groups in total. The maximum Gasteiger partial charge on any atom is 0.243 e. The van der Waals surface area contributed by atoms with Gasteiger partial charge in [-0.1, -0.05) is 37.5 Å². The third kappa shape index (κ3) is 5.55. The Labute approximate surface area is 190 Å². The lowest BCUT2D eigenvalue weighted by atomic mass is 9.96. The summed E-state index contributed by atoms with van der Waals surface area (Å²) in [6.07, 6.45) is 4.93. The maximum absolute atomic E-state index is 12.9. The molecule has 0 aliphatic heterocycles. The molecule has 0 bridgehead atoms. The van der Waals surface area contributed by atoms with Crippen molar-refractivity contribution in [3.05, 3.63) is 54.6 Å². The van der Waals surface area contributed by atoms with E-state index >= 15 is 0 Å². The Bertz CT molecular complexity index is 1130. The molecule has 0 aromatic heterocycles. The van der Waals surface area contributed by atoms with Gasteiger partial charge in [0.05, 0.1) is 16.3 Å². The Balaban J connectivity index is 1.63. The number of likely N-dealkylation sites (N-methyl/N-ethyl adjacent to an activating group) is 1. The standard InChI is InChI=1S/C22H29N3O5S2/c1-24(31(27,28)20-11-7-4-8-12-20)17-22(26)23-18-13-15-21(16-14-18)32(29,30)25(2)19-9-5-3-6-10-19/h4,7-8,11-16,19H,3,5-6,9-10,17H2,1-2H3,(H,23,26). The van der Waals surface area contributed by atoms with E-state index in [1.165, 1.54) is 47.8 Å². The lowest BCUT2D eigenvalue weighted by Crippen LogP contribution is -2.38. The van der Waals surface area contributed by atoms with Crippen molar-refractivity contribution in [2.75, 3.05) is 26.0 Å². The molecule has 0 radical (unpaired) electrons. The molecule has 0 unspecified atom stereocenters. The summed E-state index contributed by atoms with van der Waals surface area (Å²) in [5.41, 5.74) is 0.389. The van der Waals surface area contributed by atoms with E-state index in [0.717, 1.165) is 36.4 Å². The van der Waals surface area contributed by atoms with Crippen LogP contribution in [0.2, 0.25) is 0 Å². The SMILES string of the molecule is CN(CC(=O)Nc1ccc(S(=O)(=O)N(C)C2CCCCC2)cc1)S(=O)(=O)c1ccccc1. The predicted octanol–water partition coefficient (Wildman–Crippen LogP) is 2.90. The summed E-state index contributed by atoms with van der Waals surface area (Å²) < 4.78 is 53.3. The van der Waals surface area contributed by atoms with E-state index in [1.807, 2.05) is 0 Å². The summed E-state index contributed by atoms with van der Waals surface area (Å²) in [6.45, 7) is -0.373. The van der Waals surface area contributed by atoms with Crippen LogP contribution in [0, 0.1) is 0 Å². The molecule has 3 rings (SSSR count). The van der Waals surface area contributed by atoms with Crippen LogP contribution in [0.4, 0.5) is 5.69 Å². The highest BCUT2D eigenvalue weighted by molar-refractivity contribution is 7.89. The Hall–Kier alpha value is -2.27. The van der Waals surface area contributed by atoms with Crippen molar-refractivity contribution in [1.82, 2.24) is 8.61 Å². The number of amides is 1. The number of rotatable bonds is 8. The third-order valence-electron chi connectivity index (χ3n) is 5.72. The molecule has 2 aromatic carbocycles. The second-order valence-electron chi connectivity index (χ2n) is 7.96. The number of benzene rings is 2. The molecule has 0 spiro atoms. The fourth-order valence-electron chi connectivity index (χ4n) is 3.78. The van der Waals surface area contributed by atoms with E-state index in [4.69, 9.17) is 0 Å². The first-order chi connectivity index (χ1) is 15.1. The van der Waals surface area contributed by atoms with Crippen molar-refractivity contribution in [3.8, 4) is 0 Å². The van der Waals surface area contributed by atoms with Gasteiger partial charge in [0.25, 0.3) is 0 Å². The minimum absolute atomic E-state index is 0.00947. The number of carbonyl (C=O) groups excluding carboxylic acids is 1. The molecule has 1 saturated carbocycles. The van der Waals surface area contributed by atoms with Gasteiger partial charge in [0.1, 0.15) is 0 Å². The lowest BCUT2D eigenvalue weighted by Gasteiger charge is -2.30. The van der Waals surface area contributed by atoms with E-state index in [2.05, 4.69) is 5.32 Å². The van der Waals surface area contributed by atoms with Crippen molar-refractivity contribution in [2.24, 2.45) is 0 Å². The molecular weight excluding hydrogens is 450 g/mol. The van der Waals surface area contributed by atoms with Crippen molar-refractivity contribution < 1.29 is 21.6 Å². The van der Waals surface area contributed by atoms with E-state index in [0.29, 0.717) is 5.69 Å². The summed E-state index contributed by atoms with van der Waals surface area (Å²) in [5, 5.41) is 2.61. The zero-order chi connectivity index (χ0) is 23.4. The third-order valence-corrected chi connectivity index (χ3v) is 9.46. The summed E-state index contributed by atoms with van der Waals surface area (Å²) in [6, 6.07) is 13.8. The van der Waals surface area contributed by atoms with Crippen molar-refractivity contribution in [2.45, 2.75) is 47.9 Å². The van der Waals surface area contributed by atoms with Crippen LogP contribution in [0.3, 0.4) is 0 Å². The van der Waals surface area contributed by atoms with Crippen LogP contribution in [0.15, 0.2) is 64.4 Å². The molecule has 32 heavy (non-hydrogen) atoms. The number of nitrogens with zero attached hydrogens (tertiary/aromatic N) is 2. The van der Waals surface area contributed by atoms with Gasteiger partial charge < -0.3 is 5.32 Å². The summed E-state index contributed by atoms with van der Waals surface area (Å²) in [5.74, 6) is -0.526.